The molecule has 1 amide bonds. The summed E-state index contributed by atoms with van der Waals surface area (Å²) in [7, 11) is 1.91. The Morgan fingerprint density at radius 1 is 0.917 bits per heavy atom. The standard InChI is InChI=1S/C7H6BrNO.C7H8BrN.C2H6S.B.FH.H2/c8-6-1-3-7(4-2-6)9-5-10;1-9-7-4-2-6(8)3-5-7;1-3-2;;;/h1-5H,(H,9,10);2-5,9H,1H3;1-2H3;;2*1H/i;;;;;1+2. The van der Waals surface area contributed by atoms with Gasteiger partial charge in [0.1, 0.15) is 0 Å². The van der Waals surface area contributed by atoms with Gasteiger partial charge in [-0.25, -0.2) is 0 Å². The first-order chi connectivity index (χ1) is 10.6. The smallest absolute Gasteiger partial charge is 0.211 e. The number of thioether (sulfide) groups is 1. The molecule has 0 saturated heterocycles. The molecule has 2 aromatic rings. The van der Waals surface area contributed by atoms with Gasteiger partial charge in [0.25, 0.3) is 0 Å². The zero-order chi connectivity index (χ0) is 16.8. The van der Waals surface area contributed by atoms with Crippen molar-refractivity contribution in [2.45, 2.75) is 0 Å². The molecule has 8 heteroatoms. The SMILES string of the molecule is CNc1ccc(Br)cc1.CSC.F.O=CNc1ccc(Br)cc1.[3HH].[B]. The highest BCUT2D eigenvalue weighted by atomic mass is 79.9. The highest BCUT2D eigenvalue weighted by Gasteiger charge is 1.87. The average Bonchev–Trinajstić information content (AvgIpc) is 2.52. The van der Waals surface area contributed by atoms with Crippen molar-refractivity contribution in [3.63, 3.8) is 0 Å². The Morgan fingerprint density at radius 3 is 1.54 bits per heavy atom. The number of rotatable bonds is 3. The molecule has 0 saturated carbocycles. The number of carbonyl (C=O) groups excluding carboxylic acids is 1. The first kappa shape index (κ1) is 27.8. The lowest BCUT2D eigenvalue weighted by Crippen LogP contribution is -1.91. The van der Waals surface area contributed by atoms with Gasteiger partial charge in [0.15, 0.2) is 0 Å². The summed E-state index contributed by atoms with van der Waals surface area (Å²) in [5, 5.41) is 5.57. The summed E-state index contributed by atoms with van der Waals surface area (Å²) in [6, 6.07) is 15.4. The lowest BCUT2D eigenvalue weighted by atomic mass is 10.3. The van der Waals surface area contributed by atoms with E-state index in [1.54, 1.807) is 11.8 Å². The van der Waals surface area contributed by atoms with Crippen molar-refractivity contribution >= 4 is 69.8 Å². The Balaban J connectivity index is -0.000000139. The summed E-state index contributed by atoms with van der Waals surface area (Å²) in [5.41, 5.74) is 1.94. The van der Waals surface area contributed by atoms with Gasteiger partial charge in [-0.15, -0.1) is 0 Å². The Morgan fingerprint density at radius 2 is 1.25 bits per heavy atom. The van der Waals surface area contributed by atoms with Gasteiger partial charge in [-0.1, -0.05) is 31.9 Å². The second-order valence-electron chi connectivity index (χ2n) is 3.93. The first-order valence-corrected chi connectivity index (χ1v) is 9.58. The Kier molecular flexibility index (Phi) is 21.3. The van der Waals surface area contributed by atoms with Crippen molar-refractivity contribution in [2.24, 2.45) is 0 Å². The van der Waals surface area contributed by atoms with Crippen LogP contribution in [0.3, 0.4) is 0 Å². The maximum Gasteiger partial charge on any atom is 0.211 e. The molecule has 0 heterocycles. The largest absolute Gasteiger partial charge is 0.388 e. The summed E-state index contributed by atoms with van der Waals surface area (Å²) in [6.45, 7) is 0. The maximum atomic E-state index is 9.94. The Hall–Kier alpha value is -0.985. The number of carbonyl (C=O) groups is 1. The third kappa shape index (κ3) is 14.6. The molecule has 0 fully saturated rings. The summed E-state index contributed by atoms with van der Waals surface area (Å²) >= 11 is 8.38. The van der Waals surface area contributed by atoms with Crippen LogP contribution in [0.15, 0.2) is 57.5 Å². The number of anilines is 2. The van der Waals surface area contributed by atoms with Gasteiger partial charge < -0.3 is 10.6 Å². The fourth-order valence-electron chi connectivity index (χ4n) is 1.23. The van der Waals surface area contributed by atoms with E-state index in [2.05, 4.69) is 42.5 Å². The second kappa shape index (κ2) is 18.4. The topological polar surface area (TPSA) is 41.1 Å². The van der Waals surface area contributed by atoms with E-state index >= 15 is 0 Å². The summed E-state index contributed by atoms with van der Waals surface area (Å²) in [5.74, 6) is 0. The minimum Gasteiger partial charge on any atom is -0.388 e. The van der Waals surface area contributed by atoms with E-state index in [1.165, 1.54) is 0 Å². The molecular weight excluding hydrogens is 458 g/mol. The lowest BCUT2D eigenvalue weighted by Gasteiger charge is -1.96. The van der Waals surface area contributed by atoms with E-state index in [9.17, 15) is 4.79 Å². The van der Waals surface area contributed by atoms with Gasteiger partial charge in [-0.3, -0.25) is 9.50 Å². The van der Waals surface area contributed by atoms with E-state index < -0.39 is 0 Å². The molecule has 0 aliphatic heterocycles. The molecule has 2 aromatic carbocycles. The third-order valence-electron chi connectivity index (χ3n) is 2.20. The normalized spacial score (nSPS) is 7.88. The van der Waals surface area contributed by atoms with Crippen LogP contribution in [0.5, 0.6) is 0 Å². The van der Waals surface area contributed by atoms with Crippen LogP contribution in [0, 0.1) is 0 Å². The molecule has 0 aromatic heterocycles. The zero-order valence-corrected chi connectivity index (χ0v) is 17.7. The van der Waals surface area contributed by atoms with Crippen LogP contribution in [-0.2, 0) is 4.79 Å². The van der Waals surface area contributed by atoms with Crippen molar-refractivity contribution < 1.29 is 10.9 Å². The molecule has 3 nitrogen and oxygen atoms in total. The highest BCUT2D eigenvalue weighted by Crippen LogP contribution is 2.13. The number of amides is 1. The minimum atomic E-state index is 0. The van der Waals surface area contributed by atoms with Crippen LogP contribution in [0.25, 0.3) is 0 Å². The second-order valence-corrected chi connectivity index (χ2v) is 6.58. The molecule has 0 aliphatic carbocycles. The number of halogens is 3. The van der Waals surface area contributed by atoms with Crippen molar-refractivity contribution in [2.75, 3.05) is 30.2 Å². The fourth-order valence-corrected chi connectivity index (χ4v) is 1.76. The monoisotopic (exact) mass is 481 g/mol. The van der Waals surface area contributed by atoms with Crippen LogP contribution in [0.1, 0.15) is 1.43 Å². The molecule has 133 valence electrons. The quantitative estimate of drug-likeness (QED) is 0.448. The molecule has 0 bridgehead atoms. The van der Waals surface area contributed by atoms with Gasteiger partial charge in [0, 0.05) is 37.2 Å². The fraction of sp³-hybridized carbons (Fsp3) is 0.188. The third-order valence-corrected chi connectivity index (χ3v) is 3.26. The molecule has 0 unspecified atom stereocenters. The van der Waals surface area contributed by atoms with Crippen molar-refractivity contribution in [1.29, 1.82) is 0 Å². The number of benzene rings is 2. The number of hydrogen-bond acceptors (Lipinski definition) is 3. The van der Waals surface area contributed by atoms with Gasteiger partial charge in [-0.05, 0) is 61.0 Å². The Bertz CT molecular complexity index is 537. The average molecular weight is 483 g/mol. The van der Waals surface area contributed by atoms with Crippen molar-refractivity contribution in [3.05, 3.63) is 57.5 Å². The van der Waals surface area contributed by atoms with Crippen LogP contribution in [-0.4, -0.2) is 34.4 Å². The molecule has 2 rings (SSSR count). The van der Waals surface area contributed by atoms with Crippen LogP contribution < -0.4 is 10.6 Å². The van der Waals surface area contributed by atoms with E-state index in [-0.39, 0.29) is 14.5 Å². The zero-order valence-electron chi connectivity index (χ0n) is 13.8. The van der Waals surface area contributed by atoms with Crippen LogP contribution >= 0.6 is 43.6 Å². The first-order valence-electron chi connectivity index (χ1n) is 6.36. The van der Waals surface area contributed by atoms with E-state index in [4.69, 9.17) is 0 Å². The van der Waals surface area contributed by atoms with Gasteiger partial charge in [-0.2, -0.15) is 11.8 Å². The predicted molar refractivity (Wildman–Crippen MR) is 117 cm³/mol. The summed E-state index contributed by atoms with van der Waals surface area (Å²) < 4.78 is 2.12. The van der Waals surface area contributed by atoms with E-state index in [1.807, 2.05) is 68.1 Å². The molecular formula is C16H23BBr2FN2OS. The molecule has 2 N–H and O–H groups in total. The maximum absolute atomic E-state index is 9.94. The molecule has 0 aliphatic rings. The molecule has 24 heavy (non-hydrogen) atoms. The molecule has 3 radical (unpaired) electrons. The highest BCUT2D eigenvalue weighted by molar-refractivity contribution is 9.10. The van der Waals surface area contributed by atoms with Crippen molar-refractivity contribution in [1.82, 2.24) is 0 Å². The van der Waals surface area contributed by atoms with Crippen LogP contribution in [0.2, 0.25) is 0 Å². The van der Waals surface area contributed by atoms with Gasteiger partial charge >= 0.3 is 0 Å². The lowest BCUT2D eigenvalue weighted by molar-refractivity contribution is -0.105. The van der Waals surface area contributed by atoms with E-state index in [0.29, 0.717) is 6.41 Å². The molecule has 0 spiro atoms. The van der Waals surface area contributed by atoms with Crippen molar-refractivity contribution in [3.8, 4) is 0 Å². The van der Waals surface area contributed by atoms with Gasteiger partial charge in [0.05, 0.1) is 0 Å². The van der Waals surface area contributed by atoms with Crippen LogP contribution in [0.4, 0.5) is 16.1 Å². The van der Waals surface area contributed by atoms with E-state index in [0.717, 1.165) is 20.3 Å². The van der Waals surface area contributed by atoms with Gasteiger partial charge in [0.2, 0.25) is 6.41 Å². The Labute approximate surface area is 168 Å². The minimum absolute atomic E-state index is 0. The summed E-state index contributed by atoms with van der Waals surface area (Å²) in [4.78, 5) is 9.94. The molecule has 0 atom stereocenters. The number of hydrogen-bond donors (Lipinski definition) is 2. The predicted octanol–water partition coefficient (Wildman–Crippen LogP) is 5.51. The summed E-state index contributed by atoms with van der Waals surface area (Å²) in [6.07, 6.45) is 4.74. The number of nitrogens with one attached hydrogen (secondary N) is 2.